The fourth-order valence-electron chi connectivity index (χ4n) is 2.17. The molecule has 2 rings (SSSR count). The molecule has 0 saturated carbocycles. The second-order valence-corrected chi connectivity index (χ2v) is 4.91. The molecule has 0 spiro atoms. The van der Waals surface area contributed by atoms with E-state index >= 15 is 0 Å². The van der Waals surface area contributed by atoms with E-state index in [2.05, 4.69) is 10.2 Å². The van der Waals surface area contributed by atoms with Gasteiger partial charge in [-0.3, -0.25) is 4.90 Å². The number of nitrogens with zero attached hydrogens (tertiary/aromatic N) is 1. The van der Waals surface area contributed by atoms with Crippen LogP contribution >= 0.6 is 11.6 Å². The zero-order chi connectivity index (χ0) is 12.1. The van der Waals surface area contributed by atoms with Gasteiger partial charge >= 0.3 is 0 Å². The molecule has 1 aliphatic rings. The maximum Gasteiger partial charge on any atom is 0.0707 e. The average molecular weight is 255 g/mol. The second-order valence-electron chi connectivity index (χ2n) is 4.50. The molecule has 0 aliphatic carbocycles. The van der Waals surface area contributed by atoms with Crippen LogP contribution in [0.4, 0.5) is 0 Å². The van der Waals surface area contributed by atoms with E-state index in [1.165, 1.54) is 0 Å². The molecular weight excluding hydrogens is 236 g/mol. The smallest absolute Gasteiger partial charge is 0.0707 e. The lowest BCUT2D eigenvalue weighted by Gasteiger charge is -2.29. The van der Waals surface area contributed by atoms with Crippen LogP contribution in [-0.2, 0) is 6.42 Å². The van der Waals surface area contributed by atoms with Gasteiger partial charge < -0.3 is 10.4 Å². The summed E-state index contributed by atoms with van der Waals surface area (Å²) in [7, 11) is 0. The Balaban J connectivity index is 1.84. The van der Waals surface area contributed by atoms with Crippen molar-refractivity contribution in [3.8, 4) is 0 Å². The van der Waals surface area contributed by atoms with Gasteiger partial charge in [0.1, 0.15) is 0 Å². The number of benzene rings is 1. The van der Waals surface area contributed by atoms with Gasteiger partial charge in [-0.1, -0.05) is 29.8 Å². The van der Waals surface area contributed by atoms with Crippen LogP contribution in [0, 0.1) is 0 Å². The van der Waals surface area contributed by atoms with Crippen molar-refractivity contribution in [2.75, 3.05) is 32.7 Å². The first-order valence-electron chi connectivity index (χ1n) is 6.10. The minimum atomic E-state index is -0.340. The van der Waals surface area contributed by atoms with E-state index in [1.807, 2.05) is 24.3 Å². The Bertz CT molecular complexity index is 353. The van der Waals surface area contributed by atoms with E-state index in [0.29, 0.717) is 6.42 Å². The Morgan fingerprint density at radius 3 is 2.71 bits per heavy atom. The van der Waals surface area contributed by atoms with Gasteiger partial charge in [-0.05, 0) is 11.6 Å². The molecule has 1 atom stereocenters. The maximum atomic E-state index is 10.1. The number of β-amino-alcohol motifs (C(OH)–C–C–N with tert-alkyl or cyclic N) is 1. The molecule has 0 amide bonds. The molecule has 1 unspecified atom stereocenters. The molecule has 1 aromatic rings. The number of halogens is 1. The molecule has 94 valence electrons. The molecule has 1 fully saturated rings. The van der Waals surface area contributed by atoms with Crippen LogP contribution in [0.25, 0.3) is 0 Å². The van der Waals surface area contributed by atoms with E-state index < -0.39 is 0 Å². The minimum absolute atomic E-state index is 0.340. The molecule has 0 bridgehead atoms. The highest BCUT2D eigenvalue weighted by molar-refractivity contribution is 6.31. The summed E-state index contributed by atoms with van der Waals surface area (Å²) >= 11 is 6.08. The van der Waals surface area contributed by atoms with Crippen LogP contribution < -0.4 is 5.32 Å². The highest BCUT2D eigenvalue weighted by atomic mass is 35.5. The van der Waals surface area contributed by atoms with Gasteiger partial charge in [0.25, 0.3) is 0 Å². The number of aliphatic hydroxyl groups is 1. The van der Waals surface area contributed by atoms with E-state index in [-0.39, 0.29) is 6.10 Å². The lowest BCUT2D eigenvalue weighted by molar-refractivity contribution is 0.105. The van der Waals surface area contributed by atoms with Crippen molar-refractivity contribution in [2.24, 2.45) is 0 Å². The SMILES string of the molecule is OC(Cc1ccccc1Cl)CN1CCNCC1. The molecular formula is C13H19ClN2O. The molecule has 3 nitrogen and oxygen atoms in total. The maximum absolute atomic E-state index is 10.1. The summed E-state index contributed by atoms with van der Waals surface area (Å²) < 4.78 is 0. The van der Waals surface area contributed by atoms with Gasteiger partial charge in [0.15, 0.2) is 0 Å². The zero-order valence-electron chi connectivity index (χ0n) is 9.90. The highest BCUT2D eigenvalue weighted by Crippen LogP contribution is 2.17. The van der Waals surface area contributed by atoms with Crippen molar-refractivity contribution in [1.29, 1.82) is 0 Å². The van der Waals surface area contributed by atoms with Gasteiger partial charge in [0.05, 0.1) is 6.10 Å². The number of aliphatic hydroxyl groups excluding tert-OH is 1. The summed E-state index contributed by atoms with van der Waals surface area (Å²) in [6, 6.07) is 7.71. The number of hydrogen-bond acceptors (Lipinski definition) is 3. The van der Waals surface area contributed by atoms with Crippen molar-refractivity contribution in [3.05, 3.63) is 34.9 Å². The monoisotopic (exact) mass is 254 g/mol. The fraction of sp³-hybridized carbons (Fsp3) is 0.538. The third-order valence-electron chi connectivity index (χ3n) is 3.09. The summed E-state index contributed by atoms with van der Waals surface area (Å²) in [6.45, 7) is 4.78. The first kappa shape index (κ1) is 12.8. The largest absolute Gasteiger partial charge is 0.391 e. The molecule has 1 aliphatic heterocycles. The predicted octanol–water partition coefficient (Wildman–Crippen LogP) is 1.15. The Kier molecular flexibility index (Phi) is 4.80. The summed E-state index contributed by atoms with van der Waals surface area (Å²) in [4.78, 5) is 2.29. The van der Waals surface area contributed by atoms with Crippen molar-refractivity contribution in [2.45, 2.75) is 12.5 Å². The van der Waals surface area contributed by atoms with Gasteiger partial charge in [-0.2, -0.15) is 0 Å². The van der Waals surface area contributed by atoms with E-state index in [9.17, 15) is 5.11 Å². The molecule has 2 N–H and O–H groups in total. The van der Waals surface area contributed by atoms with E-state index in [1.54, 1.807) is 0 Å². The lowest BCUT2D eigenvalue weighted by atomic mass is 10.1. The van der Waals surface area contributed by atoms with Crippen molar-refractivity contribution in [1.82, 2.24) is 10.2 Å². The molecule has 4 heteroatoms. The molecule has 1 saturated heterocycles. The molecule has 1 heterocycles. The van der Waals surface area contributed by atoms with Gasteiger partial charge in [-0.25, -0.2) is 0 Å². The first-order valence-corrected chi connectivity index (χ1v) is 6.48. The number of rotatable bonds is 4. The van der Waals surface area contributed by atoms with Crippen molar-refractivity contribution < 1.29 is 5.11 Å². The Hall–Kier alpha value is -0.610. The van der Waals surface area contributed by atoms with Gasteiger partial charge in [0, 0.05) is 44.2 Å². The molecule has 17 heavy (non-hydrogen) atoms. The van der Waals surface area contributed by atoms with E-state index in [0.717, 1.165) is 43.3 Å². The Morgan fingerprint density at radius 1 is 1.29 bits per heavy atom. The Labute approximate surface area is 107 Å². The number of hydrogen-bond donors (Lipinski definition) is 2. The van der Waals surface area contributed by atoms with Crippen molar-refractivity contribution in [3.63, 3.8) is 0 Å². The molecule has 1 aromatic carbocycles. The summed E-state index contributed by atoms with van der Waals surface area (Å²) in [5.74, 6) is 0. The van der Waals surface area contributed by atoms with Crippen LogP contribution in [0.2, 0.25) is 5.02 Å². The minimum Gasteiger partial charge on any atom is -0.391 e. The predicted molar refractivity (Wildman–Crippen MR) is 70.5 cm³/mol. The first-order chi connectivity index (χ1) is 8.25. The van der Waals surface area contributed by atoms with Crippen LogP contribution in [0.3, 0.4) is 0 Å². The third-order valence-corrected chi connectivity index (χ3v) is 3.46. The fourth-order valence-corrected chi connectivity index (χ4v) is 2.39. The normalized spacial score (nSPS) is 19.2. The van der Waals surface area contributed by atoms with Crippen LogP contribution in [0.1, 0.15) is 5.56 Å². The number of nitrogens with one attached hydrogen (secondary N) is 1. The number of piperazine rings is 1. The van der Waals surface area contributed by atoms with Gasteiger partial charge in [0.2, 0.25) is 0 Å². The van der Waals surface area contributed by atoms with Crippen molar-refractivity contribution >= 4 is 11.6 Å². The molecule has 0 radical (unpaired) electrons. The van der Waals surface area contributed by atoms with Crippen LogP contribution in [0.15, 0.2) is 24.3 Å². The average Bonchev–Trinajstić information content (AvgIpc) is 2.33. The Morgan fingerprint density at radius 2 is 2.00 bits per heavy atom. The standard InChI is InChI=1S/C13H19ClN2O/c14-13-4-2-1-3-11(13)9-12(17)10-16-7-5-15-6-8-16/h1-4,12,15,17H,5-10H2. The second kappa shape index (κ2) is 6.36. The molecule has 0 aromatic heterocycles. The third kappa shape index (κ3) is 3.96. The topological polar surface area (TPSA) is 35.5 Å². The summed E-state index contributed by atoms with van der Waals surface area (Å²) in [5.41, 5.74) is 1.02. The summed E-state index contributed by atoms with van der Waals surface area (Å²) in [6.07, 6.45) is 0.289. The highest BCUT2D eigenvalue weighted by Gasteiger charge is 2.15. The van der Waals surface area contributed by atoms with Crippen LogP contribution in [-0.4, -0.2) is 48.8 Å². The van der Waals surface area contributed by atoms with E-state index in [4.69, 9.17) is 11.6 Å². The lowest BCUT2D eigenvalue weighted by Crippen LogP contribution is -2.46. The zero-order valence-corrected chi connectivity index (χ0v) is 10.7. The summed E-state index contributed by atoms with van der Waals surface area (Å²) in [5, 5.41) is 14.1. The van der Waals surface area contributed by atoms with Gasteiger partial charge in [-0.15, -0.1) is 0 Å². The quantitative estimate of drug-likeness (QED) is 0.846. The van der Waals surface area contributed by atoms with Crippen LogP contribution in [0.5, 0.6) is 0 Å².